The van der Waals surface area contributed by atoms with Gasteiger partial charge < -0.3 is 5.32 Å². The predicted octanol–water partition coefficient (Wildman–Crippen LogP) is 2.81. The Labute approximate surface area is 116 Å². The van der Waals surface area contributed by atoms with Crippen LogP contribution >= 0.6 is 0 Å². The SMILES string of the molecule is O=C(Cc1ccc2ccccc2n1)Nc1ccccn1. The van der Waals surface area contributed by atoms with E-state index in [1.54, 1.807) is 18.3 Å². The fourth-order valence-electron chi connectivity index (χ4n) is 1.99. The van der Waals surface area contributed by atoms with Crippen LogP contribution in [0, 0.1) is 0 Å². The molecule has 0 aliphatic rings. The van der Waals surface area contributed by atoms with Gasteiger partial charge in [0.2, 0.25) is 5.91 Å². The Kier molecular flexibility index (Phi) is 3.37. The Morgan fingerprint density at radius 2 is 1.85 bits per heavy atom. The summed E-state index contributed by atoms with van der Waals surface area (Å²) in [5, 5.41) is 3.82. The van der Waals surface area contributed by atoms with Crippen molar-refractivity contribution in [2.24, 2.45) is 0 Å². The molecule has 0 spiro atoms. The topological polar surface area (TPSA) is 54.9 Å². The third-order valence-electron chi connectivity index (χ3n) is 2.93. The zero-order valence-corrected chi connectivity index (χ0v) is 10.8. The molecule has 0 radical (unpaired) electrons. The molecule has 4 nitrogen and oxygen atoms in total. The maximum atomic E-state index is 11.9. The average molecular weight is 263 g/mol. The first-order valence-corrected chi connectivity index (χ1v) is 6.37. The van der Waals surface area contributed by atoms with Crippen LogP contribution in [0.15, 0.2) is 60.8 Å². The molecule has 20 heavy (non-hydrogen) atoms. The second kappa shape index (κ2) is 5.48. The number of nitrogens with one attached hydrogen (secondary N) is 1. The van der Waals surface area contributed by atoms with Crippen LogP contribution in [0.2, 0.25) is 0 Å². The smallest absolute Gasteiger partial charge is 0.231 e. The van der Waals surface area contributed by atoms with E-state index in [4.69, 9.17) is 0 Å². The van der Waals surface area contributed by atoms with E-state index in [1.807, 2.05) is 42.5 Å². The van der Waals surface area contributed by atoms with Gasteiger partial charge in [-0.25, -0.2) is 4.98 Å². The highest BCUT2D eigenvalue weighted by atomic mass is 16.1. The van der Waals surface area contributed by atoms with Gasteiger partial charge in [0.25, 0.3) is 0 Å². The molecule has 2 aromatic heterocycles. The standard InChI is InChI=1S/C16H13N3O/c20-16(19-15-7-3-4-10-17-15)11-13-9-8-12-5-1-2-6-14(12)18-13/h1-10H,11H2,(H,17,19,20). The molecule has 98 valence electrons. The number of para-hydroxylation sites is 1. The summed E-state index contributed by atoms with van der Waals surface area (Å²) in [6, 6.07) is 17.1. The van der Waals surface area contributed by atoms with E-state index in [1.165, 1.54) is 0 Å². The molecule has 0 aliphatic heterocycles. The van der Waals surface area contributed by atoms with Crippen LogP contribution in [-0.4, -0.2) is 15.9 Å². The van der Waals surface area contributed by atoms with Crippen LogP contribution in [0.5, 0.6) is 0 Å². The zero-order chi connectivity index (χ0) is 13.8. The van der Waals surface area contributed by atoms with Gasteiger partial charge in [-0.3, -0.25) is 9.78 Å². The van der Waals surface area contributed by atoms with Gasteiger partial charge in [0.15, 0.2) is 0 Å². The number of fused-ring (bicyclic) bond motifs is 1. The first-order valence-electron chi connectivity index (χ1n) is 6.37. The summed E-state index contributed by atoms with van der Waals surface area (Å²) in [6.07, 6.45) is 1.88. The third kappa shape index (κ3) is 2.80. The number of hydrogen-bond donors (Lipinski definition) is 1. The van der Waals surface area contributed by atoms with Crippen LogP contribution in [0.3, 0.4) is 0 Å². The zero-order valence-electron chi connectivity index (χ0n) is 10.8. The lowest BCUT2D eigenvalue weighted by Crippen LogP contribution is -2.15. The number of pyridine rings is 2. The Balaban J connectivity index is 1.74. The molecule has 0 fully saturated rings. The Hall–Kier alpha value is -2.75. The molecule has 1 N–H and O–H groups in total. The van der Waals surface area contributed by atoms with Crippen molar-refractivity contribution in [3.05, 3.63) is 66.5 Å². The molecule has 1 aromatic carbocycles. The number of rotatable bonds is 3. The normalized spacial score (nSPS) is 10.4. The van der Waals surface area contributed by atoms with Gasteiger partial charge in [0, 0.05) is 11.6 Å². The number of benzene rings is 1. The number of nitrogens with zero attached hydrogens (tertiary/aromatic N) is 2. The quantitative estimate of drug-likeness (QED) is 0.790. The van der Waals surface area contributed by atoms with Crippen LogP contribution < -0.4 is 5.32 Å². The fourth-order valence-corrected chi connectivity index (χ4v) is 1.99. The monoisotopic (exact) mass is 263 g/mol. The van der Waals surface area contributed by atoms with E-state index >= 15 is 0 Å². The van der Waals surface area contributed by atoms with E-state index in [0.717, 1.165) is 16.6 Å². The summed E-state index contributed by atoms with van der Waals surface area (Å²) < 4.78 is 0. The van der Waals surface area contributed by atoms with E-state index < -0.39 is 0 Å². The molecule has 0 bridgehead atoms. The largest absolute Gasteiger partial charge is 0.310 e. The van der Waals surface area contributed by atoms with Crippen LogP contribution in [0.25, 0.3) is 10.9 Å². The van der Waals surface area contributed by atoms with Gasteiger partial charge in [0.05, 0.1) is 17.6 Å². The van der Waals surface area contributed by atoms with Gasteiger partial charge in [-0.2, -0.15) is 0 Å². The maximum absolute atomic E-state index is 11.9. The molecule has 0 aliphatic carbocycles. The van der Waals surface area contributed by atoms with Gasteiger partial charge in [0.1, 0.15) is 5.82 Å². The predicted molar refractivity (Wildman–Crippen MR) is 78.3 cm³/mol. The number of amides is 1. The average Bonchev–Trinajstić information content (AvgIpc) is 2.48. The Bertz CT molecular complexity index is 741. The van der Waals surface area contributed by atoms with Crippen molar-refractivity contribution in [2.75, 3.05) is 5.32 Å². The maximum Gasteiger partial charge on any atom is 0.231 e. The minimum absolute atomic E-state index is 0.119. The van der Waals surface area contributed by atoms with Crippen LogP contribution in [-0.2, 0) is 11.2 Å². The van der Waals surface area contributed by atoms with Crippen molar-refractivity contribution in [3.63, 3.8) is 0 Å². The number of carbonyl (C=O) groups excluding carboxylic acids is 1. The Morgan fingerprint density at radius 1 is 1.00 bits per heavy atom. The molecule has 2 heterocycles. The molecule has 0 atom stereocenters. The van der Waals surface area contributed by atoms with Crippen LogP contribution in [0.4, 0.5) is 5.82 Å². The second-order valence-electron chi connectivity index (χ2n) is 4.44. The third-order valence-corrected chi connectivity index (χ3v) is 2.93. The molecule has 0 saturated carbocycles. The lowest BCUT2D eigenvalue weighted by atomic mass is 10.2. The van der Waals surface area contributed by atoms with Crippen LogP contribution in [0.1, 0.15) is 5.69 Å². The first kappa shape index (κ1) is 12.3. The molecule has 3 aromatic rings. The molecule has 1 amide bonds. The summed E-state index contributed by atoms with van der Waals surface area (Å²) in [5.74, 6) is 0.435. The van der Waals surface area contributed by atoms with Crippen molar-refractivity contribution in [1.82, 2.24) is 9.97 Å². The highest BCUT2D eigenvalue weighted by molar-refractivity contribution is 5.91. The van der Waals surface area contributed by atoms with Gasteiger partial charge in [-0.05, 0) is 24.3 Å². The minimum atomic E-state index is -0.119. The minimum Gasteiger partial charge on any atom is -0.310 e. The summed E-state index contributed by atoms with van der Waals surface area (Å²) in [7, 11) is 0. The lowest BCUT2D eigenvalue weighted by Gasteiger charge is -2.04. The first-order chi connectivity index (χ1) is 9.81. The number of carbonyl (C=O) groups is 1. The molecule has 4 heteroatoms. The lowest BCUT2D eigenvalue weighted by molar-refractivity contribution is -0.115. The van der Waals surface area contributed by atoms with Gasteiger partial charge in [-0.1, -0.05) is 30.3 Å². The molecule has 0 saturated heterocycles. The molecule has 3 rings (SSSR count). The van der Waals surface area contributed by atoms with Crippen molar-refractivity contribution in [1.29, 1.82) is 0 Å². The van der Waals surface area contributed by atoms with Crippen molar-refractivity contribution in [3.8, 4) is 0 Å². The number of aromatic nitrogens is 2. The van der Waals surface area contributed by atoms with E-state index in [9.17, 15) is 4.79 Å². The van der Waals surface area contributed by atoms with E-state index in [2.05, 4.69) is 15.3 Å². The summed E-state index contributed by atoms with van der Waals surface area (Å²) in [6.45, 7) is 0. The van der Waals surface area contributed by atoms with E-state index in [-0.39, 0.29) is 12.3 Å². The highest BCUT2D eigenvalue weighted by Gasteiger charge is 2.06. The molecular weight excluding hydrogens is 250 g/mol. The number of anilines is 1. The molecular formula is C16H13N3O. The second-order valence-corrected chi connectivity index (χ2v) is 4.44. The van der Waals surface area contributed by atoms with Crippen molar-refractivity contribution in [2.45, 2.75) is 6.42 Å². The summed E-state index contributed by atoms with van der Waals surface area (Å²) in [4.78, 5) is 20.5. The van der Waals surface area contributed by atoms with E-state index in [0.29, 0.717) is 5.82 Å². The fraction of sp³-hybridized carbons (Fsp3) is 0.0625. The number of hydrogen-bond acceptors (Lipinski definition) is 3. The van der Waals surface area contributed by atoms with Crippen molar-refractivity contribution < 1.29 is 4.79 Å². The Morgan fingerprint density at radius 3 is 2.70 bits per heavy atom. The summed E-state index contributed by atoms with van der Waals surface area (Å²) in [5.41, 5.74) is 1.65. The van der Waals surface area contributed by atoms with Gasteiger partial charge in [-0.15, -0.1) is 0 Å². The van der Waals surface area contributed by atoms with Crippen molar-refractivity contribution >= 4 is 22.6 Å². The highest BCUT2D eigenvalue weighted by Crippen LogP contribution is 2.12. The summed E-state index contributed by atoms with van der Waals surface area (Å²) >= 11 is 0. The molecule has 0 unspecified atom stereocenters. The van der Waals surface area contributed by atoms with Gasteiger partial charge >= 0.3 is 0 Å².